The van der Waals surface area contributed by atoms with Crippen LogP contribution in [0, 0.1) is 0 Å². The van der Waals surface area contributed by atoms with Crippen molar-refractivity contribution < 1.29 is 9.59 Å². The van der Waals surface area contributed by atoms with E-state index in [2.05, 4.69) is 22.8 Å². The second-order valence-corrected chi connectivity index (χ2v) is 10.9. The summed E-state index contributed by atoms with van der Waals surface area (Å²) in [5.74, 6) is -0.115. The Kier molecular flexibility index (Phi) is 6.22. The van der Waals surface area contributed by atoms with Gasteiger partial charge in [-0.15, -0.1) is 0 Å². The van der Waals surface area contributed by atoms with E-state index in [1.807, 2.05) is 36.4 Å². The summed E-state index contributed by atoms with van der Waals surface area (Å²) < 4.78 is 2.51. The average molecular weight is 426 g/mol. The Labute approximate surface area is 140 Å². The Balaban J connectivity index is 2.00. The molecule has 0 unspecified atom stereocenters. The normalized spacial score (nSPS) is 10.1. The summed E-state index contributed by atoms with van der Waals surface area (Å²) in [4.78, 5) is 22.2. The Morgan fingerprint density at radius 1 is 0.773 bits per heavy atom. The zero-order valence-corrected chi connectivity index (χ0v) is 15.7. The molecule has 0 radical (unpaired) electrons. The Hall–Kier alpha value is -1.58. The van der Waals surface area contributed by atoms with Crippen LogP contribution in [0.25, 0.3) is 0 Å². The zero-order valence-electron chi connectivity index (χ0n) is 12.3. The summed E-state index contributed by atoms with van der Waals surface area (Å²) >= 11 is 0.659. The van der Waals surface area contributed by atoms with Gasteiger partial charge in [-0.2, -0.15) is 0 Å². The molecule has 0 fully saturated rings. The zero-order chi connectivity index (χ0) is 15.9. The summed E-state index contributed by atoms with van der Waals surface area (Å²) in [7, 11) is 0. The number of nitrogens with one attached hydrogen (secondary N) is 2. The third-order valence-electron chi connectivity index (χ3n) is 2.54. The molecular weight excluding hydrogens is 410 g/mol. The first-order valence-electron chi connectivity index (χ1n) is 6.63. The fourth-order valence-electron chi connectivity index (χ4n) is 1.75. The Morgan fingerprint density at radius 3 is 1.55 bits per heavy atom. The van der Waals surface area contributed by atoms with Gasteiger partial charge in [-0.25, -0.2) is 0 Å². The van der Waals surface area contributed by atoms with Crippen molar-refractivity contribution in [1.82, 2.24) is 0 Å². The second-order valence-electron chi connectivity index (χ2n) is 4.58. The number of anilines is 2. The summed E-state index contributed by atoms with van der Waals surface area (Å²) in [6.07, 6.45) is 0. The molecule has 114 valence electrons. The molecule has 2 N–H and O–H groups in total. The molecule has 0 heterocycles. The third-order valence-corrected chi connectivity index (χ3v) is 9.70. The number of hydrogen-bond acceptors (Lipinski definition) is 2. The number of amides is 2. The summed E-state index contributed by atoms with van der Waals surface area (Å²) in [6.45, 7) is 3.02. The number of rotatable bonds is 5. The molecule has 6 heteroatoms. The molecule has 22 heavy (non-hydrogen) atoms. The SMILES string of the molecule is CC(=O)Nc1cccc([Se][Se]c2cccc(NC(C)=O)c2)c1. The maximum atomic E-state index is 11.1. The van der Waals surface area contributed by atoms with Crippen LogP contribution in [-0.2, 0) is 9.59 Å². The van der Waals surface area contributed by atoms with Gasteiger partial charge in [0, 0.05) is 0 Å². The molecule has 0 aliphatic heterocycles. The van der Waals surface area contributed by atoms with Crippen LogP contribution < -0.4 is 19.6 Å². The summed E-state index contributed by atoms with van der Waals surface area (Å²) in [6, 6.07) is 16.0. The van der Waals surface area contributed by atoms with Gasteiger partial charge in [-0.3, -0.25) is 0 Å². The molecule has 2 aromatic carbocycles. The van der Waals surface area contributed by atoms with Gasteiger partial charge in [0.1, 0.15) is 0 Å². The Morgan fingerprint density at radius 2 is 1.18 bits per heavy atom. The van der Waals surface area contributed by atoms with Crippen LogP contribution in [0.3, 0.4) is 0 Å². The molecule has 0 aliphatic carbocycles. The van der Waals surface area contributed by atoms with E-state index in [1.54, 1.807) is 0 Å². The van der Waals surface area contributed by atoms with Gasteiger partial charge in [0.25, 0.3) is 0 Å². The first-order valence-corrected chi connectivity index (χ1v) is 12.7. The predicted molar refractivity (Wildman–Crippen MR) is 92.3 cm³/mol. The molecule has 4 nitrogen and oxygen atoms in total. The minimum atomic E-state index is -0.0573. The summed E-state index contributed by atoms with van der Waals surface area (Å²) in [5, 5.41) is 5.61. The fourth-order valence-corrected chi connectivity index (χ4v) is 7.81. The fraction of sp³-hybridized carbons (Fsp3) is 0.125. The van der Waals surface area contributed by atoms with Crippen LogP contribution in [-0.4, -0.2) is 38.1 Å². The van der Waals surface area contributed by atoms with Gasteiger partial charge in [0.2, 0.25) is 0 Å². The van der Waals surface area contributed by atoms with Gasteiger partial charge in [0.15, 0.2) is 0 Å². The number of carbonyl (C=O) groups excluding carboxylic acids is 2. The van der Waals surface area contributed by atoms with Crippen molar-refractivity contribution in [3.63, 3.8) is 0 Å². The van der Waals surface area contributed by atoms with Gasteiger partial charge < -0.3 is 0 Å². The van der Waals surface area contributed by atoms with E-state index >= 15 is 0 Å². The van der Waals surface area contributed by atoms with Crippen LogP contribution in [0.2, 0.25) is 0 Å². The van der Waals surface area contributed by atoms with Crippen molar-refractivity contribution in [3.8, 4) is 0 Å². The molecular formula is C16H16N2O2Se2. The van der Waals surface area contributed by atoms with Gasteiger partial charge in [-0.1, -0.05) is 0 Å². The second kappa shape index (κ2) is 8.16. The molecule has 0 atom stereocenters. The van der Waals surface area contributed by atoms with Crippen LogP contribution in [0.5, 0.6) is 0 Å². The Bertz CT molecular complexity index is 630. The first-order chi connectivity index (χ1) is 10.5. The number of carbonyl (C=O) groups is 2. The quantitative estimate of drug-likeness (QED) is 0.698. The van der Waals surface area contributed by atoms with Crippen LogP contribution in [0.1, 0.15) is 13.8 Å². The van der Waals surface area contributed by atoms with Gasteiger partial charge in [0.05, 0.1) is 0 Å². The van der Waals surface area contributed by atoms with Crippen LogP contribution in [0.15, 0.2) is 48.5 Å². The molecule has 0 aromatic heterocycles. The van der Waals surface area contributed by atoms with Gasteiger partial charge >= 0.3 is 141 Å². The number of hydrogen-bond donors (Lipinski definition) is 2. The molecule has 0 bridgehead atoms. The van der Waals surface area contributed by atoms with Crippen molar-refractivity contribution in [2.75, 3.05) is 10.6 Å². The van der Waals surface area contributed by atoms with E-state index in [9.17, 15) is 9.59 Å². The first kappa shape index (κ1) is 16.8. The van der Waals surface area contributed by atoms with E-state index in [0.717, 1.165) is 11.4 Å². The van der Waals surface area contributed by atoms with Crippen LogP contribution in [0.4, 0.5) is 11.4 Å². The van der Waals surface area contributed by atoms with Crippen LogP contribution >= 0.6 is 0 Å². The van der Waals surface area contributed by atoms with E-state index in [4.69, 9.17) is 0 Å². The monoisotopic (exact) mass is 428 g/mol. The minimum absolute atomic E-state index is 0.0573. The predicted octanol–water partition coefficient (Wildman–Crippen LogP) is 0.878. The molecule has 2 aromatic rings. The molecule has 0 spiro atoms. The van der Waals surface area contributed by atoms with Crippen molar-refractivity contribution in [2.45, 2.75) is 13.8 Å². The van der Waals surface area contributed by atoms with E-state index in [0.29, 0.717) is 26.3 Å². The van der Waals surface area contributed by atoms with Crippen molar-refractivity contribution in [3.05, 3.63) is 48.5 Å². The molecule has 0 saturated heterocycles. The molecule has 0 saturated carbocycles. The van der Waals surface area contributed by atoms with E-state index in [1.165, 1.54) is 22.8 Å². The molecule has 2 amide bonds. The standard InChI is InChI=1S/C16H16N2O2Se2/c1-11(19)17-13-5-3-7-15(9-13)21-22-16-8-4-6-14(10-16)18-12(2)20/h3-10H,1-2H3,(H,17,19)(H,18,20). The average Bonchev–Trinajstić information content (AvgIpc) is 2.44. The maximum absolute atomic E-state index is 11.1. The van der Waals surface area contributed by atoms with Crippen molar-refractivity contribution in [1.29, 1.82) is 0 Å². The topological polar surface area (TPSA) is 58.2 Å². The molecule has 2 rings (SSSR count). The molecule has 0 aliphatic rings. The van der Waals surface area contributed by atoms with E-state index < -0.39 is 0 Å². The number of benzene rings is 2. The van der Waals surface area contributed by atoms with Gasteiger partial charge in [-0.05, 0) is 0 Å². The van der Waals surface area contributed by atoms with Crippen molar-refractivity contribution >= 4 is 58.4 Å². The summed E-state index contributed by atoms with van der Waals surface area (Å²) in [5.41, 5.74) is 1.68. The third kappa shape index (κ3) is 5.66. The van der Waals surface area contributed by atoms with E-state index in [-0.39, 0.29) is 11.8 Å². The van der Waals surface area contributed by atoms with Crippen molar-refractivity contribution in [2.24, 2.45) is 0 Å².